The third-order valence-corrected chi connectivity index (χ3v) is 5.30. The first-order valence-corrected chi connectivity index (χ1v) is 9.09. The predicted octanol–water partition coefficient (Wildman–Crippen LogP) is 3.75. The summed E-state index contributed by atoms with van der Waals surface area (Å²) in [6.45, 7) is 0.327. The van der Waals surface area contributed by atoms with Crippen LogP contribution in [0.25, 0.3) is 16.2 Å². The molecule has 27 heavy (non-hydrogen) atoms. The Hall–Kier alpha value is -3.32. The number of carbonyl (C=O) groups is 1. The third-order valence-electron chi connectivity index (χ3n) is 4.14. The van der Waals surface area contributed by atoms with E-state index in [2.05, 4.69) is 4.98 Å². The molecule has 0 radical (unpaired) electrons. The van der Waals surface area contributed by atoms with Gasteiger partial charge in [0.1, 0.15) is 28.6 Å². The molecule has 0 atom stereocenters. The number of primary amides is 1. The molecular weight excluding hydrogens is 362 g/mol. The molecule has 3 aromatic heterocycles. The Bertz CT molecular complexity index is 1100. The minimum absolute atomic E-state index is 0.327. The van der Waals surface area contributed by atoms with Gasteiger partial charge in [0.05, 0.1) is 23.9 Å². The fraction of sp³-hybridized carbons (Fsp3) is 0.100. The molecule has 4 rings (SSSR count). The Morgan fingerprint density at radius 3 is 2.78 bits per heavy atom. The highest BCUT2D eigenvalue weighted by atomic mass is 32.1. The Morgan fingerprint density at radius 2 is 2.04 bits per heavy atom. The number of amides is 1. The zero-order valence-electron chi connectivity index (χ0n) is 14.6. The number of benzene rings is 1. The van der Waals surface area contributed by atoms with Crippen LogP contribution in [-0.4, -0.2) is 22.4 Å². The fourth-order valence-corrected chi connectivity index (χ4v) is 3.74. The second-order valence-corrected chi connectivity index (χ2v) is 6.93. The van der Waals surface area contributed by atoms with Crippen molar-refractivity contribution >= 4 is 22.9 Å². The molecule has 0 aliphatic carbocycles. The van der Waals surface area contributed by atoms with Crippen LogP contribution in [0.5, 0.6) is 11.5 Å². The molecule has 6 nitrogen and oxygen atoms in total. The van der Waals surface area contributed by atoms with Crippen molar-refractivity contribution < 1.29 is 14.3 Å². The van der Waals surface area contributed by atoms with Crippen molar-refractivity contribution in [2.75, 3.05) is 7.11 Å². The number of fused-ring (bicyclic) bond motifs is 1. The van der Waals surface area contributed by atoms with E-state index in [4.69, 9.17) is 15.2 Å². The lowest BCUT2D eigenvalue weighted by atomic mass is 10.2. The molecule has 0 unspecified atom stereocenters. The van der Waals surface area contributed by atoms with Crippen LogP contribution >= 0.6 is 11.3 Å². The van der Waals surface area contributed by atoms with Crippen molar-refractivity contribution in [3.63, 3.8) is 0 Å². The molecule has 0 saturated heterocycles. The van der Waals surface area contributed by atoms with Gasteiger partial charge in [-0.25, -0.2) is 4.98 Å². The normalized spacial score (nSPS) is 10.9. The van der Waals surface area contributed by atoms with E-state index in [1.165, 1.54) is 11.3 Å². The van der Waals surface area contributed by atoms with Gasteiger partial charge in [-0.05, 0) is 29.8 Å². The van der Waals surface area contributed by atoms with E-state index in [-0.39, 0.29) is 0 Å². The number of hydrogen-bond acceptors (Lipinski definition) is 5. The van der Waals surface area contributed by atoms with Crippen molar-refractivity contribution in [1.29, 1.82) is 0 Å². The number of nitrogens with two attached hydrogens (primary N) is 1. The predicted molar refractivity (Wildman–Crippen MR) is 104 cm³/mol. The molecule has 136 valence electrons. The second-order valence-electron chi connectivity index (χ2n) is 5.88. The quantitative estimate of drug-likeness (QED) is 0.553. The number of hydrogen-bond donors (Lipinski definition) is 1. The first-order valence-electron chi connectivity index (χ1n) is 8.27. The number of methoxy groups -OCH3 is 1. The van der Waals surface area contributed by atoms with Crippen LogP contribution in [0.2, 0.25) is 0 Å². The topological polar surface area (TPSA) is 78.8 Å². The molecule has 7 heteroatoms. The highest BCUT2D eigenvalue weighted by Crippen LogP contribution is 2.36. The average molecular weight is 379 g/mol. The standard InChI is InChI=1S/C20H17N3O3S/c1-25-14-7-5-13(6-8-14)12-26-16-10-17(27-19(16)20(21)24)15-11-22-18-4-2-3-9-23(15)18/h2-11H,12H2,1H3,(H2,21,24). The SMILES string of the molecule is COc1ccc(COc2cc(-c3cnc4ccccn34)sc2C(N)=O)cc1. The Labute approximate surface area is 159 Å². The summed E-state index contributed by atoms with van der Waals surface area (Å²) in [6, 6.07) is 15.2. The average Bonchev–Trinajstić information content (AvgIpc) is 3.31. The van der Waals surface area contributed by atoms with Crippen molar-refractivity contribution in [3.05, 3.63) is 71.4 Å². The van der Waals surface area contributed by atoms with Gasteiger partial charge in [0.15, 0.2) is 0 Å². The van der Waals surface area contributed by atoms with Gasteiger partial charge in [-0.3, -0.25) is 9.20 Å². The van der Waals surface area contributed by atoms with Crippen molar-refractivity contribution in [2.24, 2.45) is 5.73 Å². The number of thiophene rings is 1. The summed E-state index contributed by atoms with van der Waals surface area (Å²) >= 11 is 1.30. The highest BCUT2D eigenvalue weighted by Gasteiger charge is 2.18. The Morgan fingerprint density at radius 1 is 1.22 bits per heavy atom. The Balaban J connectivity index is 1.63. The number of imidazole rings is 1. The lowest BCUT2D eigenvalue weighted by molar-refractivity contribution is 0.1000. The second kappa shape index (κ2) is 7.13. The van der Waals surface area contributed by atoms with Crippen molar-refractivity contribution in [2.45, 2.75) is 6.61 Å². The fourth-order valence-electron chi connectivity index (χ4n) is 2.78. The molecule has 0 spiro atoms. The van der Waals surface area contributed by atoms with Gasteiger partial charge in [0.25, 0.3) is 5.91 Å². The molecule has 1 amide bonds. The van der Waals surface area contributed by atoms with Crippen LogP contribution in [0.15, 0.2) is 60.9 Å². The van der Waals surface area contributed by atoms with Gasteiger partial charge in [-0.15, -0.1) is 11.3 Å². The van der Waals surface area contributed by atoms with E-state index in [1.54, 1.807) is 13.3 Å². The number of carbonyl (C=O) groups excluding carboxylic acids is 1. The highest BCUT2D eigenvalue weighted by molar-refractivity contribution is 7.17. The van der Waals surface area contributed by atoms with Crippen LogP contribution in [-0.2, 0) is 6.61 Å². The van der Waals surface area contributed by atoms with E-state index in [9.17, 15) is 4.79 Å². The molecule has 0 bridgehead atoms. The maximum Gasteiger partial charge on any atom is 0.262 e. The van der Waals surface area contributed by atoms with Gasteiger partial charge in [0, 0.05) is 12.3 Å². The molecule has 0 saturated carbocycles. The van der Waals surface area contributed by atoms with E-state index < -0.39 is 5.91 Å². The van der Waals surface area contributed by atoms with E-state index in [0.29, 0.717) is 17.2 Å². The van der Waals surface area contributed by atoms with E-state index >= 15 is 0 Å². The summed E-state index contributed by atoms with van der Waals surface area (Å²) in [5.41, 5.74) is 8.24. The van der Waals surface area contributed by atoms with Crippen LogP contribution in [0, 0.1) is 0 Å². The summed E-state index contributed by atoms with van der Waals surface area (Å²) in [5.74, 6) is 0.746. The number of aromatic nitrogens is 2. The number of pyridine rings is 1. The van der Waals surface area contributed by atoms with Gasteiger partial charge in [-0.1, -0.05) is 18.2 Å². The largest absolute Gasteiger partial charge is 0.497 e. The van der Waals surface area contributed by atoms with Crippen LogP contribution in [0.4, 0.5) is 0 Å². The lowest BCUT2D eigenvalue weighted by Crippen LogP contribution is -2.10. The maximum absolute atomic E-state index is 11.9. The van der Waals surface area contributed by atoms with Crippen LogP contribution in [0.3, 0.4) is 0 Å². The molecule has 0 fully saturated rings. The maximum atomic E-state index is 11.9. The third kappa shape index (κ3) is 3.37. The number of nitrogens with zero attached hydrogens (tertiary/aromatic N) is 2. The van der Waals surface area contributed by atoms with Crippen molar-refractivity contribution in [1.82, 2.24) is 9.38 Å². The van der Waals surface area contributed by atoms with E-state index in [0.717, 1.165) is 27.5 Å². The van der Waals surface area contributed by atoms with E-state index in [1.807, 2.05) is 59.1 Å². The zero-order chi connectivity index (χ0) is 18.8. The molecular formula is C20H17N3O3S. The van der Waals surface area contributed by atoms with Crippen LogP contribution in [0.1, 0.15) is 15.2 Å². The smallest absolute Gasteiger partial charge is 0.262 e. The molecule has 1 aromatic carbocycles. The Kier molecular flexibility index (Phi) is 4.52. The first kappa shape index (κ1) is 17.1. The number of ether oxygens (including phenoxy) is 2. The molecule has 4 aromatic rings. The van der Waals surface area contributed by atoms with Crippen molar-refractivity contribution in [3.8, 4) is 22.1 Å². The molecule has 0 aliphatic heterocycles. The van der Waals surface area contributed by atoms with Gasteiger partial charge >= 0.3 is 0 Å². The van der Waals surface area contributed by atoms with Gasteiger partial charge in [0.2, 0.25) is 0 Å². The molecule has 0 aliphatic rings. The van der Waals surface area contributed by atoms with Gasteiger partial charge in [-0.2, -0.15) is 0 Å². The monoisotopic (exact) mass is 379 g/mol. The minimum Gasteiger partial charge on any atom is -0.497 e. The summed E-state index contributed by atoms with van der Waals surface area (Å²) in [5, 5.41) is 0. The molecule has 2 N–H and O–H groups in total. The minimum atomic E-state index is -0.509. The van der Waals surface area contributed by atoms with Crippen LogP contribution < -0.4 is 15.2 Å². The first-order chi connectivity index (χ1) is 13.2. The summed E-state index contributed by atoms with van der Waals surface area (Å²) in [4.78, 5) is 17.5. The summed E-state index contributed by atoms with van der Waals surface area (Å²) in [7, 11) is 1.62. The van der Waals surface area contributed by atoms with Gasteiger partial charge < -0.3 is 15.2 Å². The zero-order valence-corrected chi connectivity index (χ0v) is 15.4. The molecule has 3 heterocycles. The summed E-state index contributed by atoms with van der Waals surface area (Å²) < 4.78 is 13.0. The number of rotatable bonds is 6. The summed E-state index contributed by atoms with van der Waals surface area (Å²) in [6.07, 6.45) is 3.71. The lowest BCUT2D eigenvalue weighted by Gasteiger charge is -2.06.